The summed E-state index contributed by atoms with van der Waals surface area (Å²) >= 11 is 0. The molecule has 0 saturated heterocycles. The standard InChI is InChI=1S/C7H3F3N2O2S/c8-7(9,10)15(13)6-12-4-2-1-3-11-5(4)14-6/h1-3H. The first-order chi connectivity index (χ1) is 6.98. The van der Waals surface area contributed by atoms with Crippen molar-refractivity contribution in [3.05, 3.63) is 18.3 Å². The largest absolute Gasteiger partial charge is 0.480 e. The number of fused-ring (bicyclic) bond motifs is 1. The Kier molecular flexibility index (Phi) is 2.22. The van der Waals surface area contributed by atoms with Gasteiger partial charge in [0.1, 0.15) is 5.52 Å². The number of oxazole rings is 1. The zero-order valence-electron chi connectivity index (χ0n) is 6.99. The highest BCUT2D eigenvalue weighted by Crippen LogP contribution is 2.27. The van der Waals surface area contributed by atoms with E-state index in [1.165, 1.54) is 18.3 Å². The highest BCUT2D eigenvalue weighted by atomic mass is 32.2. The van der Waals surface area contributed by atoms with Gasteiger partial charge in [0.05, 0.1) is 0 Å². The minimum atomic E-state index is -4.87. The molecule has 15 heavy (non-hydrogen) atoms. The van der Waals surface area contributed by atoms with Crippen LogP contribution < -0.4 is 0 Å². The zero-order chi connectivity index (χ0) is 11.1. The Bertz CT molecular complexity index is 489. The van der Waals surface area contributed by atoms with Gasteiger partial charge in [-0.05, 0) is 12.1 Å². The fourth-order valence-corrected chi connectivity index (χ4v) is 1.46. The highest BCUT2D eigenvalue weighted by Gasteiger charge is 2.41. The van der Waals surface area contributed by atoms with Crippen molar-refractivity contribution in [1.82, 2.24) is 9.97 Å². The second-order valence-corrected chi connectivity index (χ2v) is 3.87. The predicted molar refractivity (Wildman–Crippen MR) is 44.3 cm³/mol. The number of aromatic nitrogens is 2. The summed E-state index contributed by atoms with van der Waals surface area (Å²) in [5, 5.41) is -0.879. The molecule has 0 N–H and O–H groups in total. The van der Waals surface area contributed by atoms with Crippen LogP contribution in [0.4, 0.5) is 13.2 Å². The van der Waals surface area contributed by atoms with E-state index in [-0.39, 0.29) is 11.2 Å². The van der Waals surface area contributed by atoms with Gasteiger partial charge in [-0.15, -0.1) is 0 Å². The lowest BCUT2D eigenvalue weighted by Gasteiger charge is -1.99. The Morgan fingerprint density at radius 1 is 1.40 bits per heavy atom. The average Bonchev–Trinajstić information content (AvgIpc) is 2.58. The minimum absolute atomic E-state index is 0.0647. The van der Waals surface area contributed by atoms with Crippen molar-refractivity contribution in [3.63, 3.8) is 0 Å². The van der Waals surface area contributed by atoms with Crippen LogP contribution in [0.25, 0.3) is 11.2 Å². The molecule has 2 rings (SSSR count). The highest BCUT2D eigenvalue weighted by molar-refractivity contribution is 7.85. The Labute approximate surface area is 83.6 Å². The number of nitrogens with zero attached hydrogens (tertiary/aromatic N) is 2. The number of alkyl halides is 3. The number of pyridine rings is 1. The van der Waals surface area contributed by atoms with E-state index in [0.29, 0.717) is 0 Å². The van der Waals surface area contributed by atoms with E-state index in [9.17, 15) is 17.4 Å². The molecule has 0 amide bonds. The Morgan fingerprint density at radius 2 is 2.13 bits per heavy atom. The monoisotopic (exact) mass is 236 g/mol. The number of hydrogen-bond donors (Lipinski definition) is 0. The molecule has 2 aromatic heterocycles. The summed E-state index contributed by atoms with van der Waals surface area (Å²) in [7, 11) is -3.25. The van der Waals surface area contributed by atoms with Crippen LogP contribution in [0.1, 0.15) is 0 Å². The molecule has 0 spiro atoms. The van der Waals surface area contributed by atoms with Crippen molar-refractivity contribution >= 4 is 22.0 Å². The van der Waals surface area contributed by atoms with Crippen LogP contribution in [0.15, 0.2) is 28.0 Å². The fourth-order valence-electron chi connectivity index (χ4n) is 0.928. The molecule has 80 valence electrons. The third-order valence-electron chi connectivity index (χ3n) is 1.52. The molecule has 0 radical (unpaired) electrons. The van der Waals surface area contributed by atoms with Gasteiger partial charge in [0, 0.05) is 6.20 Å². The number of rotatable bonds is 1. The van der Waals surface area contributed by atoms with Crippen molar-refractivity contribution in [2.24, 2.45) is 0 Å². The molecule has 2 heterocycles. The van der Waals surface area contributed by atoms with Crippen LogP contribution in [0.3, 0.4) is 0 Å². The second-order valence-electron chi connectivity index (χ2n) is 2.52. The molecule has 0 fully saturated rings. The fraction of sp³-hybridized carbons (Fsp3) is 0.143. The Hall–Kier alpha value is -1.44. The summed E-state index contributed by atoms with van der Waals surface area (Å²) in [5.41, 5.74) is -4.80. The maximum atomic E-state index is 12.0. The molecule has 1 unspecified atom stereocenters. The van der Waals surface area contributed by atoms with Crippen molar-refractivity contribution in [2.45, 2.75) is 10.7 Å². The molecular weight excluding hydrogens is 233 g/mol. The Balaban J connectivity index is 2.50. The molecule has 2 aromatic rings. The lowest BCUT2D eigenvalue weighted by atomic mass is 10.5. The molecule has 4 nitrogen and oxygen atoms in total. The van der Waals surface area contributed by atoms with Crippen molar-refractivity contribution < 1.29 is 21.8 Å². The van der Waals surface area contributed by atoms with E-state index in [1.54, 1.807) is 0 Å². The van der Waals surface area contributed by atoms with Crippen LogP contribution in [-0.4, -0.2) is 19.7 Å². The first kappa shape index (κ1) is 10.1. The first-order valence-corrected chi connectivity index (χ1v) is 4.83. The third kappa shape index (κ3) is 1.84. The third-order valence-corrected chi connectivity index (χ3v) is 2.43. The molecule has 0 saturated carbocycles. The summed E-state index contributed by atoms with van der Waals surface area (Å²) in [4.78, 5) is 7.07. The lowest BCUT2D eigenvalue weighted by Crippen LogP contribution is -2.16. The molecule has 8 heteroatoms. The normalized spacial score (nSPS) is 14.3. The molecule has 0 aromatic carbocycles. The van der Waals surface area contributed by atoms with Gasteiger partial charge in [-0.3, -0.25) is 0 Å². The van der Waals surface area contributed by atoms with Gasteiger partial charge in [0.15, 0.2) is 0 Å². The maximum absolute atomic E-state index is 12.0. The number of hydrogen-bond acceptors (Lipinski definition) is 4. The van der Waals surface area contributed by atoms with Gasteiger partial charge in [-0.25, -0.2) is 9.19 Å². The molecule has 1 atom stereocenters. The molecule has 0 aliphatic rings. The van der Waals surface area contributed by atoms with Crippen LogP contribution >= 0.6 is 0 Å². The van der Waals surface area contributed by atoms with Crippen molar-refractivity contribution in [2.75, 3.05) is 0 Å². The summed E-state index contributed by atoms with van der Waals surface area (Å²) in [5.74, 6) is 0. The van der Waals surface area contributed by atoms with Gasteiger partial charge in [-0.2, -0.15) is 18.2 Å². The van der Waals surface area contributed by atoms with Gasteiger partial charge in [0.2, 0.25) is 16.5 Å². The van der Waals surface area contributed by atoms with Gasteiger partial charge < -0.3 is 4.42 Å². The molecular formula is C7H3F3N2O2S. The van der Waals surface area contributed by atoms with Crippen LogP contribution in [0.5, 0.6) is 0 Å². The quantitative estimate of drug-likeness (QED) is 0.758. The predicted octanol–water partition coefficient (Wildman–Crippen LogP) is 1.85. The summed E-state index contributed by atoms with van der Waals surface area (Å²) in [6.07, 6.45) is 1.34. The van der Waals surface area contributed by atoms with E-state index in [4.69, 9.17) is 0 Å². The second kappa shape index (κ2) is 3.30. The van der Waals surface area contributed by atoms with E-state index < -0.39 is 21.5 Å². The number of halogens is 3. The van der Waals surface area contributed by atoms with E-state index in [2.05, 4.69) is 14.4 Å². The summed E-state index contributed by atoms with van der Waals surface area (Å²) < 4.78 is 51.6. The SMILES string of the molecule is O=S(c1nc2cccnc2o1)C(F)(F)F. The van der Waals surface area contributed by atoms with Gasteiger partial charge in [-0.1, -0.05) is 0 Å². The van der Waals surface area contributed by atoms with Crippen LogP contribution in [0, 0.1) is 0 Å². The molecule has 0 bridgehead atoms. The summed E-state index contributed by atoms with van der Waals surface area (Å²) in [6, 6.07) is 2.91. The van der Waals surface area contributed by atoms with Gasteiger partial charge >= 0.3 is 5.51 Å². The first-order valence-electron chi connectivity index (χ1n) is 3.68. The van der Waals surface area contributed by atoms with Crippen LogP contribution in [-0.2, 0) is 10.8 Å². The topological polar surface area (TPSA) is 56.0 Å². The molecule has 0 aliphatic carbocycles. The lowest BCUT2D eigenvalue weighted by molar-refractivity contribution is -0.0395. The average molecular weight is 236 g/mol. The van der Waals surface area contributed by atoms with Crippen LogP contribution in [0.2, 0.25) is 0 Å². The minimum Gasteiger partial charge on any atom is -0.410 e. The van der Waals surface area contributed by atoms with Crippen molar-refractivity contribution in [3.8, 4) is 0 Å². The van der Waals surface area contributed by atoms with Gasteiger partial charge in [0.25, 0.3) is 5.22 Å². The van der Waals surface area contributed by atoms with E-state index >= 15 is 0 Å². The van der Waals surface area contributed by atoms with Crippen molar-refractivity contribution in [1.29, 1.82) is 0 Å². The van der Waals surface area contributed by atoms with E-state index in [1.807, 2.05) is 0 Å². The molecule has 0 aliphatic heterocycles. The van der Waals surface area contributed by atoms with E-state index in [0.717, 1.165) is 0 Å². The zero-order valence-corrected chi connectivity index (χ0v) is 7.80. The summed E-state index contributed by atoms with van der Waals surface area (Å²) in [6.45, 7) is 0. The smallest absolute Gasteiger partial charge is 0.410 e. The Morgan fingerprint density at radius 3 is 2.73 bits per heavy atom. The maximum Gasteiger partial charge on any atom is 0.480 e.